The highest BCUT2D eigenvalue weighted by molar-refractivity contribution is 6.10. The molecule has 4 rings (SSSR count). The van der Waals surface area contributed by atoms with E-state index in [-0.39, 0.29) is 23.0 Å². The third kappa shape index (κ3) is 2.32. The molecule has 124 valence electrons. The maximum absolute atomic E-state index is 13.0. The third-order valence-electron chi connectivity index (χ3n) is 5.23. The van der Waals surface area contributed by atoms with E-state index in [0.29, 0.717) is 12.3 Å². The number of aliphatic imine (C=N–C) groups is 1. The number of fused-ring (bicyclic) bond motifs is 2. The molecule has 0 N–H and O–H groups in total. The number of carbonyl (C=O) groups excluding carboxylic acids is 1. The average Bonchev–Trinajstić information content (AvgIpc) is 2.86. The normalized spacial score (nSPS) is 25.0. The van der Waals surface area contributed by atoms with Crippen LogP contribution in [0.1, 0.15) is 55.0 Å². The van der Waals surface area contributed by atoms with Crippen LogP contribution in [0.3, 0.4) is 0 Å². The second-order valence-electron chi connectivity index (χ2n) is 7.94. The fourth-order valence-electron chi connectivity index (χ4n) is 4.15. The highest BCUT2D eigenvalue weighted by Crippen LogP contribution is 2.49. The first kappa shape index (κ1) is 15.3. The van der Waals surface area contributed by atoms with Gasteiger partial charge in [0.2, 0.25) is 0 Å². The fraction of sp³-hybridized carbons (Fsp3) is 0.450. The topological polar surface area (TPSA) is 55.5 Å². The van der Waals surface area contributed by atoms with Gasteiger partial charge in [0, 0.05) is 18.1 Å². The number of Topliss-reactive ketones (excluding diaryl/α,β-unsaturated/α-hetero) is 1. The molecule has 4 nitrogen and oxygen atoms in total. The molecule has 0 radical (unpaired) electrons. The van der Waals surface area contributed by atoms with Gasteiger partial charge < -0.3 is 4.52 Å². The van der Waals surface area contributed by atoms with Gasteiger partial charge in [-0.1, -0.05) is 48.8 Å². The number of ketones is 1. The zero-order chi connectivity index (χ0) is 17.1. The Morgan fingerprint density at radius 1 is 1.08 bits per heavy atom. The maximum Gasteiger partial charge on any atom is 0.254 e. The van der Waals surface area contributed by atoms with Crippen molar-refractivity contribution < 1.29 is 9.32 Å². The minimum atomic E-state index is -0.189. The summed E-state index contributed by atoms with van der Waals surface area (Å²) >= 11 is 0. The highest BCUT2D eigenvalue weighted by Gasteiger charge is 2.47. The Balaban J connectivity index is 1.90. The van der Waals surface area contributed by atoms with Crippen molar-refractivity contribution in [3.63, 3.8) is 0 Å². The van der Waals surface area contributed by atoms with Crippen molar-refractivity contribution >= 4 is 17.4 Å². The van der Waals surface area contributed by atoms with Crippen molar-refractivity contribution in [2.75, 3.05) is 0 Å². The summed E-state index contributed by atoms with van der Waals surface area (Å²) in [6.07, 6.45) is 1.42. The molecule has 4 heteroatoms. The smallest absolute Gasteiger partial charge is 0.254 e. The van der Waals surface area contributed by atoms with Gasteiger partial charge in [0.25, 0.3) is 5.88 Å². The lowest BCUT2D eigenvalue weighted by molar-refractivity contribution is -0.124. The van der Waals surface area contributed by atoms with Crippen LogP contribution in [0.4, 0.5) is 5.88 Å². The third-order valence-corrected chi connectivity index (χ3v) is 5.23. The van der Waals surface area contributed by atoms with Crippen LogP contribution in [0, 0.1) is 25.2 Å². The van der Waals surface area contributed by atoms with Crippen LogP contribution in [0.15, 0.2) is 33.8 Å². The predicted molar refractivity (Wildman–Crippen MR) is 92.9 cm³/mol. The summed E-state index contributed by atoms with van der Waals surface area (Å²) in [7, 11) is 0. The quantitative estimate of drug-likeness (QED) is 0.776. The van der Waals surface area contributed by atoms with E-state index < -0.39 is 0 Å². The largest absolute Gasteiger partial charge is 0.336 e. The molecule has 1 aliphatic heterocycles. The van der Waals surface area contributed by atoms with Crippen molar-refractivity contribution in [2.45, 2.75) is 46.5 Å². The van der Waals surface area contributed by atoms with Crippen molar-refractivity contribution in [1.82, 2.24) is 5.16 Å². The first-order valence-corrected chi connectivity index (χ1v) is 8.49. The van der Waals surface area contributed by atoms with Crippen LogP contribution in [0.2, 0.25) is 0 Å². The van der Waals surface area contributed by atoms with Gasteiger partial charge in [0.1, 0.15) is 5.78 Å². The van der Waals surface area contributed by atoms with Crippen LogP contribution < -0.4 is 0 Å². The lowest BCUT2D eigenvalue weighted by atomic mass is 9.64. The number of hydrogen-bond acceptors (Lipinski definition) is 4. The Morgan fingerprint density at radius 2 is 1.79 bits per heavy atom. The number of benzene rings is 1. The molecule has 2 atom stereocenters. The van der Waals surface area contributed by atoms with Crippen molar-refractivity contribution in [3.8, 4) is 0 Å². The SMILES string of the molecule is Cc1ccc(C2c3c(C)noc3N=C3CC(C)(C)CC(=O)C32)cc1. The first-order chi connectivity index (χ1) is 11.4. The molecule has 0 amide bonds. The zero-order valence-corrected chi connectivity index (χ0v) is 14.6. The molecule has 2 aromatic rings. The monoisotopic (exact) mass is 322 g/mol. The number of carbonyl (C=O) groups is 1. The van der Waals surface area contributed by atoms with Gasteiger partial charge >= 0.3 is 0 Å². The first-order valence-electron chi connectivity index (χ1n) is 8.49. The molecule has 0 saturated heterocycles. The fourth-order valence-corrected chi connectivity index (χ4v) is 4.15. The summed E-state index contributed by atoms with van der Waals surface area (Å²) < 4.78 is 5.47. The summed E-state index contributed by atoms with van der Waals surface area (Å²) in [5.41, 5.74) is 5.05. The van der Waals surface area contributed by atoms with E-state index in [2.05, 4.69) is 50.2 Å². The summed E-state index contributed by atoms with van der Waals surface area (Å²) in [4.78, 5) is 17.7. The minimum absolute atomic E-state index is 0.0389. The van der Waals surface area contributed by atoms with E-state index >= 15 is 0 Å². The van der Waals surface area contributed by atoms with E-state index in [1.165, 1.54) is 5.56 Å². The lowest BCUT2D eigenvalue weighted by Gasteiger charge is -2.39. The highest BCUT2D eigenvalue weighted by atomic mass is 16.5. The van der Waals surface area contributed by atoms with Crippen LogP contribution >= 0.6 is 0 Å². The molecule has 2 unspecified atom stereocenters. The molecule has 24 heavy (non-hydrogen) atoms. The van der Waals surface area contributed by atoms with Gasteiger partial charge in [0.15, 0.2) is 0 Å². The Labute approximate surface area is 142 Å². The van der Waals surface area contributed by atoms with Gasteiger partial charge in [-0.05, 0) is 31.2 Å². The zero-order valence-electron chi connectivity index (χ0n) is 14.6. The summed E-state index contributed by atoms with van der Waals surface area (Å²) in [5, 5.41) is 4.12. The van der Waals surface area contributed by atoms with Crippen molar-refractivity contribution in [1.29, 1.82) is 0 Å². The molecule has 1 aromatic heterocycles. The van der Waals surface area contributed by atoms with Crippen LogP contribution in [0.5, 0.6) is 0 Å². The molecule has 1 fully saturated rings. The Kier molecular flexibility index (Phi) is 3.27. The molecule has 2 aliphatic rings. The van der Waals surface area contributed by atoms with Gasteiger partial charge in [-0.25, -0.2) is 4.99 Å². The van der Waals surface area contributed by atoms with Crippen molar-refractivity contribution in [3.05, 3.63) is 46.6 Å². The van der Waals surface area contributed by atoms with E-state index in [1.54, 1.807) is 0 Å². The predicted octanol–water partition coefficient (Wildman–Crippen LogP) is 4.51. The summed E-state index contributed by atoms with van der Waals surface area (Å²) in [6, 6.07) is 8.43. The van der Waals surface area contributed by atoms with Gasteiger partial charge in [0.05, 0.1) is 17.2 Å². The molecular formula is C20H22N2O2. The Morgan fingerprint density at radius 3 is 2.50 bits per heavy atom. The molecule has 1 aromatic carbocycles. The molecule has 1 aliphatic carbocycles. The van der Waals surface area contributed by atoms with Gasteiger partial charge in [-0.15, -0.1) is 0 Å². The Hall–Kier alpha value is -2.23. The minimum Gasteiger partial charge on any atom is -0.336 e. The average molecular weight is 322 g/mol. The van der Waals surface area contributed by atoms with Crippen molar-refractivity contribution in [2.24, 2.45) is 16.3 Å². The molecule has 2 heterocycles. The van der Waals surface area contributed by atoms with Crippen LogP contribution in [-0.2, 0) is 4.79 Å². The Bertz CT molecular complexity index is 843. The maximum atomic E-state index is 13.0. The van der Waals surface area contributed by atoms with Gasteiger partial charge in [-0.3, -0.25) is 4.79 Å². The molecule has 0 bridgehead atoms. The van der Waals surface area contributed by atoms with E-state index in [4.69, 9.17) is 9.52 Å². The number of nitrogens with zero attached hydrogens (tertiary/aromatic N) is 2. The van der Waals surface area contributed by atoms with Gasteiger partial charge in [-0.2, -0.15) is 0 Å². The standard InChI is InChI=1S/C20H22N2O2/c1-11-5-7-13(8-6-11)17-16-12(2)22-24-19(16)21-14-9-20(3,4)10-15(23)18(14)17/h5-8,17-18H,9-10H2,1-4H3. The van der Waals surface area contributed by atoms with Crippen LogP contribution in [0.25, 0.3) is 0 Å². The molecule has 1 saturated carbocycles. The van der Waals surface area contributed by atoms with Crippen LogP contribution in [-0.4, -0.2) is 16.7 Å². The molecular weight excluding hydrogens is 300 g/mol. The van der Waals surface area contributed by atoms with E-state index in [9.17, 15) is 4.79 Å². The second kappa shape index (κ2) is 5.13. The lowest BCUT2D eigenvalue weighted by Crippen LogP contribution is -2.42. The summed E-state index contributed by atoms with van der Waals surface area (Å²) in [6.45, 7) is 8.26. The summed E-state index contributed by atoms with van der Waals surface area (Å²) in [5.74, 6) is 0.630. The number of aryl methyl sites for hydroxylation is 2. The van der Waals surface area contributed by atoms with E-state index in [1.807, 2.05) is 6.92 Å². The second-order valence-corrected chi connectivity index (χ2v) is 7.94. The molecule has 0 spiro atoms. The number of rotatable bonds is 1. The van der Waals surface area contributed by atoms with E-state index in [0.717, 1.165) is 29.0 Å². The number of hydrogen-bond donors (Lipinski definition) is 0. The number of aromatic nitrogens is 1.